The molecule has 0 amide bonds. The summed E-state index contributed by atoms with van der Waals surface area (Å²) in [5.41, 5.74) is -0.929. The molecule has 1 saturated heterocycles. The van der Waals surface area contributed by atoms with Crippen LogP contribution in [-0.2, 0) is 22.2 Å². The van der Waals surface area contributed by atoms with E-state index >= 15 is 0 Å². The van der Waals surface area contributed by atoms with Crippen molar-refractivity contribution >= 4 is 28.5 Å². The number of ether oxygens (including phenoxy) is 2. The lowest BCUT2D eigenvalue weighted by Gasteiger charge is -2.37. The van der Waals surface area contributed by atoms with E-state index in [1.165, 1.54) is 35.6 Å². The highest BCUT2D eigenvalue weighted by Crippen LogP contribution is 2.48. The fourth-order valence-corrected chi connectivity index (χ4v) is 6.55. The molecule has 0 spiro atoms. The lowest BCUT2D eigenvalue weighted by Crippen LogP contribution is -2.55. The monoisotopic (exact) mass is 552 g/mol. The van der Waals surface area contributed by atoms with Gasteiger partial charge in [0.15, 0.2) is 0 Å². The van der Waals surface area contributed by atoms with Crippen LogP contribution in [-0.4, -0.2) is 60.5 Å². The fourth-order valence-electron chi connectivity index (χ4n) is 5.27. The highest BCUT2D eigenvalue weighted by Gasteiger charge is 2.39. The summed E-state index contributed by atoms with van der Waals surface area (Å²) >= 11 is 1.19. The van der Waals surface area contributed by atoms with Gasteiger partial charge >= 0.3 is 11.9 Å². The maximum atomic E-state index is 14.7. The Labute approximate surface area is 221 Å². The van der Waals surface area contributed by atoms with E-state index in [4.69, 9.17) is 9.47 Å². The van der Waals surface area contributed by atoms with Gasteiger partial charge in [0.25, 0.3) is 0 Å². The van der Waals surface area contributed by atoms with Crippen LogP contribution in [0.3, 0.4) is 0 Å². The second-order valence-corrected chi connectivity index (χ2v) is 10.8. The third kappa shape index (κ3) is 5.14. The first kappa shape index (κ1) is 26.9. The van der Waals surface area contributed by atoms with E-state index in [0.29, 0.717) is 23.5 Å². The summed E-state index contributed by atoms with van der Waals surface area (Å²) in [5, 5.41) is 3.65. The van der Waals surface area contributed by atoms with E-state index in [1.54, 1.807) is 0 Å². The summed E-state index contributed by atoms with van der Waals surface area (Å²) < 4.78 is 69.9. The Balaban J connectivity index is 1.84. The van der Waals surface area contributed by atoms with Gasteiger partial charge in [-0.05, 0) is 37.6 Å². The summed E-state index contributed by atoms with van der Waals surface area (Å²) in [6.45, 7) is 5.01. The van der Waals surface area contributed by atoms with E-state index in [-0.39, 0.29) is 53.5 Å². The topological polar surface area (TPSA) is 68.6 Å². The van der Waals surface area contributed by atoms with Crippen LogP contribution >= 0.6 is 11.8 Å². The molecular formula is C26H28F4N4O3S. The molecule has 5 rings (SSSR count). The molecule has 0 bridgehead atoms. The Hall–Kier alpha value is -2.67. The third-order valence-corrected chi connectivity index (χ3v) is 7.94. The van der Waals surface area contributed by atoms with Crippen molar-refractivity contribution in [3.05, 3.63) is 52.2 Å². The van der Waals surface area contributed by atoms with Crippen molar-refractivity contribution < 1.29 is 27.0 Å². The number of hydrogen-bond acceptors (Lipinski definition) is 7. The van der Waals surface area contributed by atoms with E-state index in [1.807, 2.05) is 18.7 Å². The Kier molecular flexibility index (Phi) is 7.42. The predicted octanol–water partition coefficient (Wildman–Crippen LogP) is 4.50. The van der Waals surface area contributed by atoms with Crippen molar-refractivity contribution in [3.63, 3.8) is 0 Å². The zero-order chi connectivity index (χ0) is 27.2. The molecule has 1 N–H and O–H groups in total. The number of rotatable bonds is 5. The SMILES string of the molecule is COCO[C@@H]1CSc2c(-c3ccc(F)cc3)c(C(F)(F)F)cc3c(N4C[C@@H](C)N[C@@H](C)C4)nc(=O)n(c23)C1. The number of benzene rings is 2. The molecule has 2 aliphatic rings. The number of hydrogen-bond donors (Lipinski definition) is 1. The number of nitrogens with zero attached hydrogens (tertiary/aromatic N) is 3. The molecule has 1 aromatic heterocycles. The second-order valence-electron chi connectivity index (χ2n) is 9.74. The molecule has 38 heavy (non-hydrogen) atoms. The number of alkyl halides is 3. The van der Waals surface area contributed by atoms with Crippen LogP contribution in [0.1, 0.15) is 19.4 Å². The lowest BCUT2D eigenvalue weighted by molar-refractivity contribution is -0.137. The van der Waals surface area contributed by atoms with Crippen molar-refractivity contribution in [1.29, 1.82) is 0 Å². The van der Waals surface area contributed by atoms with Crippen molar-refractivity contribution in [2.24, 2.45) is 0 Å². The molecule has 0 radical (unpaired) electrons. The predicted molar refractivity (Wildman–Crippen MR) is 138 cm³/mol. The molecule has 2 aliphatic heterocycles. The van der Waals surface area contributed by atoms with Crippen LogP contribution in [0.5, 0.6) is 0 Å². The minimum atomic E-state index is -4.71. The van der Waals surface area contributed by atoms with Gasteiger partial charge in [-0.15, -0.1) is 11.8 Å². The first-order valence-electron chi connectivity index (χ1n) is 12.3. The molecule has 0 saturated carbocycles. The average molecular weight is 553 g/mol. The van der Waals surface area contributed by atoms with Gasteiger partial charge < -0.3 is 19.7 Å². The highest BCUT2D eigenvalue weighted by molar-refractivity contribution is 7.99. The van der Waals surface area contributed by atoms with Crippen molar-refractivity contribution in [3.8, 4) is 11.1 Å². The van der Waals surface area contributed by atoms with E-state index in [2.05, 4.69) is 10.3 Å². The summed E-state index contributed by atoms with van der Waals surface area (Å²) in [5.74, 6) is -0.0396. The number of anilines is 1. The van der Waals surface area contributed by atoms with Crippen LogP contribution in [0.4, 0.5) is 23.4 Å². The number of halogens is 4. The van der Waals surface area contributed by atoms with Gasteiger partial charge in [-0.1, -0.05) is 12.1 Å². The number of aromatic nitrogens is 2. The molecular weight excluding hydrogens is 524 g/mol. The number of methoxy groups -OCH3 is 1. The Morgan fingerprint density at radius 1 is 1.13 bits per heavy atom. The quantitative estimate of drug-likeness (QED) is 0.369. The largest absolute Gasteiger partial charge is 0.417 e. The maximum absolute atomic E-state index is 14.7. The average Bonchev–Trinajstić information content (AvgIpc) is 3.05. The van der Waals surface area contributed by atoms with Gasteiger partial charge in [0.2, 0.25) is 0 Å². The molecule has 0 aliphatic carbocycles. The number of nitrogens with one attached hydrogen (secondary N) is 1. The van der Waals surface area contributed by atoms with Crippen molar-refractivity contribution in [2.75, 3.05) is 37.6 Å². The fraction of sp³-hybridized carbons (Fsp3) is 0.462. The zero-order valence-corrected chi connectivity index (χ0v) is 22.0. The van der Waals surface area contributed by atoms with Gasteiger partial charge in [0.05, 0.1) is 23.7 Å². The summed E-state index contributed by atoms with van der Waals surface area (Å²) in [6.07, 6.45) is -5.22. The second kappa shape index (κ2) is 10.5. The van der Waals surface area contributed by atoms with Gasteiger partial charge in [0, 0.05) is 53.9 Å². The van der Waals surface area contributed by atoms with Gasteiger partial charge in [-0.25, -0.2) is 9.18 Å². The first-order valence-corrected chi connectivity index (χ1v) is 13.2. The summed E-state index contributed by atoms with van der Waals surface area (Å²) in [7, 11) is 1.47. The van der Waals surface area contributed by atoms with Crippen molar-refractivity contribution in [1.82, 2.24) is 14.9 Å². The van der Waals surface area contributed by atoms with Crippen LogP contribution in [0.15, 0.2) is 40.0 Å². The molecule has 3 heterocycles. The van der Waals surface area contributed by atoms with Gasteiger partial charge in [-0.3, -0.25) is 4.57 Å². The molecule has 3 atom stereocenters. The number of piperazine rings is 1. The Morgan fingerprint density at radius 2 is 1.82 bits per heavy atom. The van der Waals surface area contributed by atoms with Crippen LogP contribution < -0.4 is 15.9 Å². The standard InChI is InChI=1S/C26H28F4N4O3S/c1-14-9-33(10-15(2)31-14)24-19-8-20(26(28,29)30)21(16-4-6-17(27)7-5-16)23-22(19)34(25(35)32-24)11-18(12-38-23)37-13-36-3/h4-8,14-15,18,31H,9-13H2,1-3H3/t14-,15+,18-/m0/s1. The molecule has 7 nitrogen and oxygen atoms in total. The minimum Gasteiger partial charge on any atom is -0.359 e. The van der Waals surface area contributed by atoms with Gasteiger partial charge in [0.1, 0.15) is 18.4 Å². The Morgan fingerprint density at radius 3 is 2.45 bits per heavy atom. The molecule has 2 aromatic carbocycles. The Bertz CT molecular complexity index is 1390. The molecule has 3 aromatic rings. The zero-order valence-electron chi connectivity index (χ0n) is 21.1. The minimum absolute atomic E-state index is 0.0276. The molecule has 0 unspecified atom stereocenters. The molecule has 1 fully saturated rings. The normalized spacial score (nSPS) is 22.1. The van der Waals surface area contributed by atoms with Gasteiger partial charge in [-0.2, -0.15) is 18.2 Å². The van der Waals surface area contributed by atoms with Crippen LogP contribution in [0.2, 0.25) is 0 Å². The van der Waals surface area contributed by atoms with Crippen LogP contribution in [0.25, 0.3) is 22.0 Å². The van der Waals surface area contributed by atoms with Crippen LogP contribution in [0, 0.1) is 5.82 Å². The lowest BCUT2D eigenvalue weighted by atomic mass is 9.96. The maximum Gasteiger partial charge on any atom is 0.417 e. The van der Waals surface area contributed by atoms with E-state index < -0.39 is 29.4 Å². The summed E-state index contributed by atoms with van der Waals surface area (Å²) in [4.78, 5) is 20.0. The van der Waals surface area contributed by atoms with Crippen molar-refractivity contribution in [2.45, 2.75) is 49.7 Å². The molecule has 12 heteroatoms. The molecule has 204 valence electrons. The smallest absolute Gasteiger partial charge is 0.359 e. The highest BCUT2D eigenvalue weighted by atomic mass is 32.2. The summed E-state index contributed by atoms with van der Waals surface area (Å²) in [6, 6.07) is 6.11. The third-order valence-electron chi connectivity index (χ3n) is 6.72. The first-order chi connectivity index (χ1) is 18.1. The van der Waals surface area contributed by atoms with E-state index in [9.17, 15) is 22.4 Å². The number of thioether (sulfide) groups is 1. The van der Waals surface area contributed by atoms with E-state index in [0.717, 1.165) is 18.2 Å².